The molecule has 1 rings (SSSR count). The van der Waals surface area contributed by atoms with Gasteiger partial charge in [-0.1, -0.05) is 23.3 Å². The van der Waals surface area contributed by atoms with Crippen LogP contribution in [0.2, 0.25) is 0 Å². The number of ether oxygens (including phenoxy) is 1. The highest BCUT2D eigenvalue weighted by Crippen LogP contribution is 2.48. The molecular formula is C22H38O2S2. The summed E-state index contributed by atoms with van der Waals surface area (Å²) in [7, 11) is 0. The van der Waals surface area contributed by atoms with E-state index < -0.39 is 0 Å². The van der Waals surface area contributed by atoms with Gasteiger partial charge in [-0.2, -0.15) is 0 Å². The summed E-state index contributed by atoms with van der Waals surface area (Å²) in [4.78, 5) is 12.0. The van der Waals surface area contributed by atoms with Gasteiger partial charge in [0.2, 0.25) is 0 Å². The van der Waals surface area contributed by atoms with Crippen molar-refractivity contribution in [1.82, 2.24) is 0 Å². The maximum absolute atomic E-state index is 12.0. The molecule has 0 atom stereocenters. The second kappa shape index (κ2) is 11.5. The van der Waals surface area contributed by atoms with E-state index in [1.54, 1.807) is 0 Å². The van der Waals surface area contributed by atoms with Crippen LogP contribution in [0.5, 0.6) is 0 Å². The van der Waals surface area contributed by atoms with E-state index in [4.69, 9.17) is 4.74 Å². The lowest BCUT2D eigenvalue weighted by atomic mass is 10.1. The van der Waals surface area contributed by atoms with Gasteiger partial charge in [-0.15, -0.1) is 23.5 Å². The van der Waals surface area contributed by atoms with Crippen molar-refractivity contribution < 1.29 is 9.53 Å². The van der Waals surface area contributed by atoms with Gasteiger partial charge in [0.1, 0.15) is 5.60 Å². The van der Waals surface area contributed by atoms with Crippen LogP contribution in [-0.4, -0.2) is 27.2 Å². The van der Waals surface area contributed by atoms with Gasteiger partial charge < -0.3 is 4.74 Å². The topological polar surface area (TPSA) is 26.3 Å². The standard InChI is InChI=1S/C22H38O2S2/c1-18(2)10-7-11-19(3)13-15-22(25-16-9-17-26-22)14-8-12-20(23)24-21(4,5)6/h10,13H,7-9,11-12,14-17H2,1-6H3. The van der Waals surface area contributed by atoms with Crippen molar-refractivity contribution in [2.24, 2.45) is 0 Å². The Balaban J connectivity index is 2.53. The number of carbonyl (C=O) groups excluding carboxylic acids is 1. The highest BCUT2D eigenvalue weighted by molar-refractivity contribution is 8.18. The van der Waals surface area contributed by atoms with Gasteiger partial charge in [0.15, 0.2) is 0 Å². The van der Waals surface area contributed by atoms with Crippen LogP contribution in [0.3, 0.4) is 0 Å². The first-order valence-corrected chi connectivity index (χ1v) is 11.9. The Morgan fingerprint density at radius 1 is 1.08 bits per heavy atom. The fraction of sp³-hybridized carbons (Fsp3) is 0.773. The third kappa shape index (κ3) is 10.7. The van der Waals surface area contributed by atoms with Crippen LogP contribution in [0.15, 0.2) is 23.3 Å². The average molecular weight is 399 g/mol. The zero-order valence-electron chi connectivity index (χ0n) is 17.7. The van der Waals surface area contributed by atoms with E-state index >= 15 is 0 Å². The monoisotopic (exact) mass is 398 g/mol. The van der Waals surface area contributed by atoms with E-state index in [-0.39, 0.29) is 15.6 Å². The minimum Gasteiger partial charge on any atom is -0.460 e. The molecule has 0 aliphatic carbocycles. The van der Waals surface area contributed by atoms with Crippen molar-refractivity contribution >= 4 is 29.5 Å². The van der Waals surface area contributed by atoms with Gasteiger partial charge in [0.05, 0.1) is 4.08 Å². The lowest BCUT2D eigenvalue weighted by Gasteiger charge is -2.35. The number of hydrogen-bond donors (Lipinski definition) is 0. The molecule has 26 heavy (non-hydrogen) atoms. The van der Waals surface area contributed by atoms with E-state index in [9.17, 15) is 4.79 Å². The molecule has 4 heteroatoms. The van der Waals surface area contributed by atoms with Gasteiger partial charge in [-0.3, -0.25) is 4.79 Å². The summed E-state index contributed by atoms with van der Waals surface area (Å²) >= 11 is 4.20. The first-order chi connectivity index (χ1) is 12.1. The molecule has 1 saturated heterocycles. The Bertz CT molecular complexity index is 491. The summed E-state index contributed by atoms with van der Waals surface area (Å²) in [5, 5.41) is 0. The van der Waals surface area contributed by atoms with Crippen LogP contribution < -0.4 is 0 Å². The average Bonchev–Trinajstić information content (AvgIpc) is 2.52. The number of allylic oxidation sites excluding steroid dienone is 4. The van der Waals surface area contributed by atoms with Crippen LogP contribution in [0.4, 0.5) is 0 Å². The van der Waals surface area contributed by atoms with Crippen LogP contribution in [0.25, 0.3) is 0 Å². The smallest absolute Gasteiger partial charge is 0.306 e. The molecule has 0 bridgehead atoms. The Morgan fingerprint density at radius 2 is 1.73 bits per heavy atom. The number of hydrogen-bond acceptors (Lipinski definition) is 4. The molecule has 0 spiro atoms. The van der Waals surface area contributed by atoms with Gasteiger partial charge in [0.25, 0.3) is 0 Å². The maximum Gasteiger partial charge on any atom is 0.306 e. The van der Waals surface area contributed by atoms with Gasteiger partial charge in [-0.25, -0.2) is 0 Å². The second-order valence-electron chi connectivity index (χ2n) is 8.48. The van der Waals surface area contributed by atoms with Crippen LogP contribution >= 0.6 is 23.5 Å². The number of thioether (sulfide) groups is 2. The highest BCUT2D eigenvalue weighted by Gasteiger charge is 2.32. The molecule has 0 amide bonds. The van der Waals surface area contributed by atoms with E-state index in [0.29, 0.717) is 6.42 Å². The Morgan fingerprint density at radius 3 is 2.31 bits per heavy atom. The molecule has 2 nitrogen and oxygen atoms in total. The molecule has 0 radical (unpaired) electrons. The Kier molecular flexibility index (Phi) is 10.5. The molecular weight excluding hydrogens is 360 g/mol. The Labute approximate surface area is 170 Å². The van der Waals surface area contributed by atoms with Gasteiger partial charge in [0, 0.05) is 6.42 Å². The molecule has 0 unspecified atom stereocenters. The van der Waals surface area contributed by atoms with Crippen molar-refractivity contribution in [3.8, 4) is 0 Å². The second-order valence-corrected chi connectivity index (χ2v) is 11.7. The maximum atomic E-state index is 12.0. The van der Waals surface area contributed by atoms with E-state index in [1.807, 2.05) is 20.8 Å². The summed E-state index contributed by atoms with van der Waals surface area (Å²) in [5.74, 6) is 2.42. The number of rotatable bonds is 9. The highest BCUT2D eigenvalue weighted by atomic mass is 32.2. The molecule has 0 aromatic carbocycles. The van der Waals surface area contributed by atoms with E-state index in [2.05, 4.69) is 56.4 Å². The lowest BCUT2D eigenvalue weighted by molar-refractivity contribution is -0.154. The third-order valence-electron chi connectivity index (χ3n) is 4.23. The fourth-order valence-electron chi connectivity index (χ4n) is 2.90. The van der Waals surface area contributed by atoms with Crippen molar-refractivity contribution in [3.05, 3.63) is 23.3 Å². The molecule has 0 N–H and O–H groups in total. The molecule has 0 aromatic rings. The van der Waals surface area contributed by atoms with Crippen LogP contribution in [0.1, 0.15) is 86.5 Å². The van der Waals surface area contributed by atoms with Crippen molar-refractivity contribution in [2.75, 3.05) is 11.5 Å². The number of carbonyl (C=O) groups is 1. The largest absolute Gasteiger partial charge is 0.460 e. The summed E-state index contributed by atoms with van der Waals surface area (Å²) in [5.41, 5.74) is 2.50. The summed E-state index contributed by atoms with van der Waals surface area (Å²) in [6, 6.07) is 0. The first-order valence-electron chi connectivity index (χ1n) is 9.91. The minimum atomic E-state index is -0.381. The number of esters is 1. The summed E-state index contributed by atoms with van der Waals surface area (Å²) < 4.78 is 5.70. The van der Waals surface area contributed by atoms with E-state index in [1.165, 1.54) is 29.1 Å². The molecule has 0 saturated carbocycles. The predicted octanol–water partition coefficient (Wildman–Crippen LogP) is 7.15. The summed E-state index contributed by atoms with van der Waals surface area (Å²) in [6.45, 7) is 12.4. The summed E-state index contributed by atoms with van der Waals surface area (Å²) in [6.07, 6.45) is 12.0. The third-order valence-corrected chi connectivity index (χ3v) is 7.72. The lowest BCUT2D eigenvalue weighted by Crippen LogP contribution is -2.26. The zero-order valence-corrected chi connectivity index (χ0v) is 19.3. The molecule has 1 fully saturated rings. The van der Waals surface area contributed by atoms with Crippen LogP contribution in [0, 0.1) is 0 Å². The molecule has 150 valence electrons. The van der Waals surface area contributed by atoms with Crippen LogP contribution in [-0.2, 0) is 9.53 Å². The SMILES string of the molecule is CC(C)=CCCC(C)=CCC1(CCCC(=O)OC(C)(C)C)SCCCS1. The van der Waals surface area contributed by atoms with Crippen molar-refractivity contribution in [3.63, 3.8) is 0 Å². The molecule has 1 aliphatic heterocycles. The van der Waals surface area contributed by atoms with Gasteiger partial charge in [-0.05, 0) is 91.6 Å². The first kappa shape index (κ1) is 23.7. The molecule has 1 aliphatic rings. The zero-order chi connectivity index (χ0) is 19.6. The van der Waals surface area contributed by atoms with E-state index in [0.717, 1.165) is 32.1 Å². The van der Waals surface area contributed by atoms with Crippen molar-refractivity contribution in [2.45, 2.75) is 96.2 Å². The molecule has 1 heterocycles. The van der Waals surface area contributed by atoms with Gasteiger partial charge >= 0.3 is 5.97 Å². The van der Waals surface area contributed by atoms with Crippen molar-refractivity contribution in [1.29, 1.82) is 0 Å². The predicted molar refractivity (Wildman–Crippen MR) is 119 cm³/mol. The fourth-order valence-corrected chi connectivity index (χ4v) is 6.21. The normalized spacial score (nSPS) is 17.7. The minimum absolute atomic E-state index is 0.0631. The Hall–Kier alpha value is -0.350. The molecule has 0 aromatic heterocycles. The quantitative estimate of drug-likeness (QED) is 0.304.